The number of hydrogen-bond acceptors (Lipinski definition) is 9. The van der Waals surface area contributed by atoms with Crippen LogP contribution in [0.4, 0.5) is 0 Å². The van der Waals surface area contributed by atoms with Crippen LogP contribution in [0.3, 0.4) is 0 Å². The van der Waals surface area contributed by atoms with E-state index in [1.54, 1.807) is 0 Å². The van der Waals surface area contributed by atoms with Gasteiger partial charge in [-0.1, -0.05) is 76.1 Å². The van der Waals surface area contributed by atoms with E-state index >= 15 is 0 Å². The zero-order chi connectivity index (χ0) is 38.5. The van der Waals surface area contributed by atoms with Gasteiger partial charge in [-0.3, -0.25) is 4.79 Å². The summed E-state index contributed by atoms with van der Waals surface area (Å²) < 4.78 is 19.5. The monoisotopic (exact) mass is 752 g/mol. The first-order valence-corrected chi connectivity index (χ1v) is 20.7. The molecule has 7 aliphatic rings. The zero-order valence-corrected chi connectivity index (χ0v) is 32.7. The topological polar surface area (TPSA) is 166 Å². The lowest BCUT2D eigenvalue weighted by Gasteiger charge is -2.79. The van der Waals surface area contributed by atoms with Crippen molar-refractivity contribution in [3.63, 3.8) is 0 Å². The molecule has 1 aromatic rings. The molecule has 10 heteroatoms. The molecule has 1 aliphatic heterocycles. The van der Waals surface area contributed by atoms with E-state index in [1.807, 2.05) is 30.3 Å². The molecule has 0 amide bonds. The van der Waals surface area contributed by atoms with Gasteiger partial charge in [0.2, 0.25) is 0 Å². The standard InChI is InChI=1S/C44H64O10/c1-38(25-45)17-18-42(37(50)51)19-20-43-13-8-14-44(16-11-28(43)29(42)21-38)40(3)22-31(52-23-27-9-6-5-7-10-27)35(54-36-34(49)33(48)30(47)24-53-36)39(2,26-46)32(40)12-15-41(43,44)4/h5-7,9-11,29-36,45-49H,8,12-26H2,1-4H3,(H,50,51)/t29-,30+,31+,32?,33-,34+,35+,36+,38+,39-,40-,41-,42+,43+,44-/m0/s1. The van der Waals surface area contributed by atoms with E-state index in [-0.39, 0.29) is 58.7 Å². The molecule has 6 N–H and O–H groups in total. The Hall–Kier alpha value is -1.89. The molecule has 1 saturated heterocycles. The normalized spacial score (nSPS) is 51.2. The van der Waals surface area contributed by atoms with Gasteiger partial charge in [0.15, 0.2) is 6.29 Å². The maximum Gasteiger partial charge on any atom is 0.310 e. The quantitative estimate of drug-likeness (QED) is 0.150. The van der Waals surface area contributed by atoms with Crippen molar-refractivity contribution < 1.29 is 49.6 Å². The molecule has 6 fully saturated rings. The number of aliphatic hydroxyl groups is 5. The van der Waals surface area contributed by atoms with Gasteiger partial charge in [-0.2, -0.15) is 0 Å². The van der Waals surface area contributed by atoms with Gasteiger partial charge < -0.3 is 44.8 Å². The van der Waals surface area contributed by atoms with E-state index in [2.05, 4.69) is 33.8 Å². The molecule has 54 heavy (non-hydrogen) atoms. The Morgan fingerprint density at radius 1 is 0.889 bits per heavy atom. The maximum atomic E-state index is 13.3. The van der Waals surface area contributed by atoms with Crippen molar-refractivity contribution in [1.82, 2.24) is 0 Å². The SMILES string of the molecule is C[C@@]1(CO)CC[C@@]2(C(=O)O)CC[C@]34CCC[C@@]5(CC=C3[C@@H]2C1)[C@@]4(C)CCC1[C@](C)(CO)[C@H](O[C@H]2OC[C@@H](O)[C@H](O)[C@H]2O)[C@H](OCc2ccccc2)C[C@@]15C. The minimum Gasteiger partial charge on any atom is -0.481 e. The molecule has 1 heterocycles. The Kier molecular flexibility index (Phi) is 9.62. The molecule has 1 unspecified atom stereocenters. The van der Waals surface area contributed by atoms with Gasteiger partial charge in [0, 0.05) is 12.0 Å². The Labute approximate surface area is 320 Å². The highest BCUT2D eigenvalue weighted by Gasteiger charge is 2.78. The molecule has 2 bridgehead atoms. The highest BCUT2D eigenvalue weighted by atomic mass is 16.7. The first-order valence-electron chi connectivity index (χ1n) is 20.7. The van der Waals surface area contributed by atoms with Gasteiger partial charge in [0.05, 0.1) is 37.4 Å². The van der Waals surface area contributed by atoms with Crippen molar-refractivity contribution in [1.29, 1.82) is 0 Å². The summed E-state index contributed by atoms with van der Waals surface area (Å²) in [6.45, 7) is 9.26. The van der Waals surface area contributed by atoms with E-state index in [0.29, 0.717) is 32.3 Å². The number of aliphatic hydroxyl groups excluding tert-OH is 5. The zero-order valence-electron chi connectivity index (χ0n) is 32.7. The van der Waals surface area contributed by atoms with Crippen molar-refractivity contribution in [3.05, 3.63) is 47.5 Å². The Bertz CT molecular complexity index is 1620. The van der Waals surface area contributed by atoms with Gasteiger partial charge in [0.1, 0.15) is 18.3 Å². The summed E-state index contributed by atoms with van der Waals surface area (Å²) in [6, 6.07) is 10.0. The van der Waals surface area contributed by atoms with Gasteiger partial charge in [-0.15, -0.1) is 0 Å². The molecule has 6 aliphatic carbocycles. The predicted molar refractivity (Wildman–Crippen MR) is 200 cm³/mol. The van der Waals surface area contributed by atoms with Crippen LogP contribution in [0.2, 0.25) is 0 Å². The molecule has 300 valence electrons. The fourth-order valence-electron chi connectivity index (χ4n) is 14.8. The molecule has 8 rings (SSSR count). The molecule has 1 spiro atoms. The average molecular weight is 753 g/mol. The summed E-state index contributed by atoms with van der Waals surface area (Å²) in [5.41, 5.74) is -0.246. The number of fused-ring (bicyclic) bond motifs is 3. The summed E-state index contributed by atoms with van der Waals surface area (Å²) in [6.07, 6.45) is 5.97. The second-order valence-corrected chi connectivity index (χ2v) is 19.9. The lowest BCUT2D eigenvalue weighted by atomic mass is 9.25. The minimum absolute atomic E-state index is 0.0278. The fourth-order valence-corrected chi connectivity index (χ4v) is 14.8. The number of benzene rings is 1. The van der Waals surface area contributed by atoms with E-state index in [9.17, 15) is 35.4 Å². The van der Waals surface area contributed by atoms with E-state index in [0.717, 1.165) is 56.9 Å². The number of hydrogen-bond donors (Lipinski definition) is 6. The number of ether oxygens (including phenoxy) is 3. The van der Waals surface area contributed by atoms with Gasteiger partial charge in [-0.25, -0.2) is 0 Å². The molecule has 1 aromatic carbocycles. The first kappa shape index (κ1) is 39.0. The summed E-state index contributed by atoms with van der Waals surface area (Å²) in [7, 11) is 0. The van der Waals surface area contributed by atoms with E-state index in [4.69, 9.17) is 14.2 Å². The first-order chi connectivity index (χ1) is 25.6. The van der Waals surface area contributed by atoms with Crippen LogP contribution in [0, 0.1) is 49.7 Å². The summed E-state index contributed by atoms with van der Waals surface area (Å²) in [5, 5.41) is 64.9. The van der Waals surface area contributed by atoms with Crippen molar-refractivity contribution in [3.8, 4) is 0 Å². The van der Waals surface area contributed by atoms with E-state index in [1.165, 1.54) is 5.57 Å². The number of carbonyl (C=O) groups is 1. The summed E-state index contributed by atoms with van der Waals surface area (Å²) in [4.78, 5) is 13.3. The Balaban J connectivity index is 1.22. The van der Waals surface area contributed by atoms with E-state index < -0.39 is 53.6 Å². The van der Waals surface area contributed by atoms with Crippen molar-refractivity contribution in [2.75, 3.05) is 19.8 Å². The van der Waals surface area contributed by atoms with Crippen molar-refractivity contribution in [2.24, 2.45) is 49.7 Å². The third-order valence-electron chi connectivity index (χ3n) is 17.8. The van der Waals surface area contributed by atoms with Crippen LogP contribution < -0.4 is 0 Å². The minimum atomic E-state index is -1.47. The van der Waals surface area contributed by atoms with Crippen LogP contribution in [0.5, 0.6) is 0 Å². The third-order valence-corrected chi connectivity index (χ3v) is 17.8. The van der Waals surface area contributed by atoms with Crippen LogP contribution in [0.1, 0.15) is 110 Å². The predicted octanol–water partition coefficient (Wildman–Crippen LogP) is 5.37. The van der Waals surface area contributed by atoms with Crippen molar-refractivity contribution >= 4 is 5.97 Å². The number of carboxylic acid groups (broad SMARTS) is 1. The molecule has 5 saturated carbocycles. The highest BCUT2D eigenvalue weighted by Crippen LogP contribution is 2.84. The summed E-state index contributed by atoms with van der Waals surface area (Å²) in [5.74, 6) is -0.751. The van der Waals surface area contributed by atoms with Crippen LogP contribution in [-0.4, -0.2) is 93.2 Å². The maximum absolute atomic E-state index is 13.3. The van der Waals surface area contributed by atoms with Crippen LogP contribution in [-0.2, 0) is 25.6 Å². The lowest BCUT2D eigenvalue weighted by molar-refractivity contribution is -0.346. The van der Waals surface area contributed by atoms with Gasteiger partial charge in [-0.05, 0) is 115 Å². The van der Waals surface area contributed by atoms with Crippen LogP contribution in [0.25, 0.3) is 0 Å². The average Bonchev–Trinajstić information content (AvgIpc) is 3.15. The number of carboxylic acids is 1. The molecule has 10 nitrogen and oxygen atoms in total. The number of rotatable bonds is 8. The molecular weight excluding hydrogens is 688 g/mol. The smallest absolute Gasteiger partial charge is 0.310 e. The third kappa shape index (κ3) is 5.16. The fraction of sp³-hybridized carbons (Fsp3) is 0.795. The molecular formula is C44H64O10. The molecule has 0 aromatic heterocycles. The lowest BCUT2D eigenvalue weighted by Crippen LogP contribution is -2.74. The number of allylic oxidation sites excluding steroid dienone is 2. The molecule has 0 radical (unpaired) electrons. The molecule has 15 atom stereocenters. The Morgan fingerprint density at radius 3 is 2.33 bits per heavy atom. The van der Waals surface area contributed by atoms with Crippen LogP contribution in [0.15, 0.2) is 42.0 Å². The van der Waals surface area contributed by atoms with Gasteiger partial charge >= 0.3 is 5.97 Å². The Morgan fingerprint density at radius 2 is 1.63 bits per heavy atom. The van der Waals surface area contributed by atoms with Gasteiger partial charge in [0.25, 0.3) is 0 Å². The second kappa shape index (κ2) is 13.3. The van der Waals surface area contributed by atoms with Crippen LogP contribution >= 0.6 is 0 Å². The number of aliphatic carboxylic acids is 1. The highest BCUT2D eigenvalue weighted by molar-refractivity contribution is 5.76. The largest absolute Gasteiger partial charge is 0.481 e. The second-order valence-electron chi connectivity index (χ2n) is 19.9. The van der Waals surface area contributed by atoms with Crippen molar-refractivity contribution in [2.45, 2.75) is 148 Å². The summed E-state index contributed by atoms with van der Waals surface area (Å²) >= 11 is 0.